The normalized spacial score (nSPS) is 16.4. The SMILES string of the molecule is Cc1nn(C)c(C)c1/C=C/C(=O)N1CCCC1c1nccnc1Nc1ncccn1. The van der Waals surface area contributed by atoms with E-state index in [0.29, 0.717) is 18.3 Å². The molecule has 3 aromatic rings. The predicted molar refractivity (Wildman–Crippen MR) is 113 cm³/mol. The number of aromatic nitrogens is 6. The zero-order chi connectivity index (χ0) is 21.1. The van der Waals surface area contributed by atoms with Crippen LogP contribution in [0.4, 0.5) is 11.8 Å². The van der Waals surface area contributed by atoms with Crippen molar-refractivity contribution in [2.45, 2.75) is 32.7 Å². The molecule has 0 radical (unpaired) electrons. The van der Waals surface area contributed by atoms with Crippen LogP contribution in [0.2, 0.25) is 0 Å². The standard InChI is InChI=1S/C21H24N8O/c1-14-16(15(2)28(3)27-14)7-8-18(30)29-13-4-6-17(29)19-20(23-12-11-22-19)26-21-24-9-5-10-25-21/h5,7-12,17H,4,6,13H2,1-3H3,(H,23,24,25,26)/b8-7+. The number of nitrogens with one attached hydrogen (secondary N) is 1. The van der Waals surface area contributed by atoms with Gasteiger partial charge in [0.15, 0.2) is 5.82 Å². The summed E-state index contributed by atoms with van der Waals surface area (Å²) in [5.74, 6) is 0.960. The van der Waals surface area contributed by atoms with Crippen LogP contribution < -0.4 is 5.32 Å². The quantitative estimate of drug-likeness (QED) is 0.652. The maximum atomic E-state index is 13.0. The number of likely N-dealkylation sites (tertiary alicyclic amines) is 1. The fourth-order valence-electron chi connectivity index (χ4n) is 3.75. The molecular formula is C21H24N8O. The molecule has 30 heavy (non-hydrogen) atoms. The van der Waals surface area contributed by atoms with E-state index in [-0.39, 0.29) is 11.9 Å². The van der Waals surface area contributed by atoms with Crippen LogP contribution in [0.1, 0.15) is 41.5 Å². The first-order chi connectivity index (χ1) is 14.5. The highest BCUT2D eigenvalue weighted by molar-refractivity contribution is 5.92. The molecule has 0 spiro atoms. The summed E-state index contributed by atoms with van der Waals surface area (Å²) in [6.07, 6.45) is 11.8. The van der Waals surface area contributed by atoms with Gasteiger partial charge in [-0.05, 0) is 38.8 Å². The van der Waals surface area contributed by atoms with Gasteiger partial charge >= 0.3 is 0 Å². The molecule has 0 aliphatic carbocycles. The van der Waals surface area contributed by atoms with Crippen molar-refractivity contribution in [2.75, 3.05) is 11.9 Å². The first-order valence-corrected chi connectivity index (χ1v) is 9.88. The van der Waals surface area contributed by atoms with E-state index in [2.05, 4.69) is 30.4 Å². The summed E-state index contributed by atoms with van der Waals surface area (Å²) in [7, 11) is 1.90. The molecule has 9 heteroatoms. The number of rotatable bonds is 5. The molecule has 1 fully saturated rings. The zero-order valence-corrected chi connectivity index (χ0v) is 17.3. The molecule has 154 valence electrons. The van der Waals surface area contributed by atoms with E-state index in [1.165, 1.54) is 0 Å². The Balaban J connectivity index is 1.57. The predicted octanol–water partition coefficient (Wildman–Crippen LogP) is 2.74. The molecule has 1 saturated heterocycles. The number of anilines is 2. The van der Waals surface area contributed by atoms with Gasteiger partial charge < -0.3 is 10.2 Å². The Morgan fingerprint density at radius 1 is 1.13 bits per heavy atom. The third-order valence-corrected chi connectivity index (χ3v) is 5.33. The number of nitrogens with zero attached hydrogens (tertiary/aromatic N) is 7. The third-order valence-electron chi connectivity index (χ3n) is 5.33. The minimum absolute atomic E-state index is 0.0484. The second-order valence-electron chi connectivity index (χ2n) is 7.22. The molecule has 0 aromatic carbocycles. The number of aryl methyl sites for hydroxylation is 2. The van der Waals surface area contributed by atoms with Gasteiger partial charge in [0.05, 0.1) is 11.7 Å². The first-order valence-electron chi connectivity index (χ1n) is 9.88. The molecule has 1 unspecified atom stereocenters. The highest BCUT2D eigenvalue weighted by Gasteiger charge is 2.32. The Kier molecular flexibility index (Phi) is 5.51. The van der Waals surface area contributed by atoms with Crippen molar-refractivity contribution in [2.24, 2.45) is 7.05 Å². The second kappa shape index (κ2) is 8.40. The Morgan fingerprint density at radius 2 is 1.90 bits per heavy atom. The Morgan fingerprint density at radius 3 is 2.63 bits per heavy atom. The zero-order valence-electron chi connectivity index (χ0n) is 17.3. The molecule has 1 amide bonds. The summed E-state index contributed by atoms with van der Waals surface area (Å²) in [5.41, 5.74) is 3.63. The van der Waals surface area contributed by atoms with E-state index in [1.807, 2.05) is 36.6 Å². The average Bonchev–Trinajstić information content (AvgIpc) is 3.33. The minimum atomic E-state index is -0.154. The van der Waals surface area contributed by atoms with Crippen molar-refractivity contribution in [1.29, 1.82) is 0 Å². The molecule has 1 N–H and O–H groups in total. The monoisotopic (exact) mass is 404 g/mol. The Bertz CT molecular complexity index is 1080. The van der Waals surface area contributed by atoms with Gasteiger partial charge in [0.2, 0.25) is 11.9 Å². The Hall–Kier alpha value is -3.62. The van der Waals surface area contributed by atoms with Crippen LogP contribution in [0.5, 0.6) is 0 Å². The van der Waals surface area contributed by atoms with E-state index in [4.69, 9.17) is 0 Å². The summed E-state index contributed by atoms with van der Waals surface area (Å²) in [6, 6.07) is 1.59. The maximum Gasteiger partial charge on any atom is 0.247 e. The smallest absolute Gasteiger partial charge is 0.247 e. The van der Waals surface area contributed by atoms with Gasteiger partial charge in [-0.25, -0.2) is 15.0 Å². The number of carbonyl (C=O) groups excluding carboxylic acids is 1. The van der Waals surface area contributed by atoms with Crippen LogP contribution in [0.15, 0.2) is 36.9 Å². The molecule has 3 aromatic heterocycles. The lowest BCUT2D eigenvalue weighted by molar-refractivity contribution is -0.126. The highest BCUT2D eigenvalue weighted by Crippen LogP contribution is 2.34. The van der Waals surface area contributed by atoms with Gasteiger partial charge in [0.25, 0.3) is 0 Å². The highest BCUT2D eigenvalue weighted by atomic mass is 16.2. The number of hydrogen-bond acceptors (Lipinski definition) is 7. The van der Waals surface area contributed by atoms with E-state index >= 15 is 0 Å². The van der Waals surface area contributed by atoms with Crippen molar-refractivity contribution in [1.82, 2.24) is 34.6 Å². The van der Waals surface area contributed by atoms with E-state index in [0.717, 1.165) is 35.5 Å². The summed E-state index contributed by atoms with van der Waals surface area (Å²) in [6.45, 7) is 4.61. The van der Waals surface area contributed by atoms with Crippen LogP contribution in [-0.4, -0.2) is 47.1 Å². The molecule has 0 bridgehead atoms. The largest absolute Gasteiger partial charge is 0.330 e. The lowest BCUT2D eigenvalue weighted by Crippen LogP contribution is -2.30. The van der Waals surface area contributed by atoms with Crippen LogP contribution >= 0.6 is 0 Å². The van der Waals surface area contributed by atoms with E-state index in [9.17, 15) is 4.79 Å². The fourth-order valence-corrected chi connectivity index (χ4v) is 3.75. The second-order valence-corrected chi connectivity index (χ2v) is 7.22. The van der Waals surface area contributed by atoms with E-state index in [1.54, 1.807) is 36.9 Å². The summed E-state index contributed by atoms with van der Waals surface area (Å²) >= 11 is 0. The van der Waals surface area contributed by atoms with Crippen molar-refractivity contribution < 1.29 is 4.79 Å². The van der Waals surface area contributed by atoms with Crippen molar-refractivity contribution >= 4 is 23.7 Å². The summed E-state index contributed by atoms with van der Waals surface area (Å²) < 4.78 is 1.82. The molecule has 4 heterocycles. The molecule has 4 rings (SSSR count). The first kappa shape index (κ1) is 19.7. The van der Waals surface area contributed by atoms with Crippen LogP contribution in [0.3, 0.4) is 0 Å². The molecule has 1 aliphatic rings. The van der Waals surface area contributed by atoms with Gasteiger partial charge in [-0.1, -0.05) is 0 Å². The molecule has 9 nitrogen and oxygen atoms in total. The van der Waals surface area contributed by atoms with Gasteiger partial charge in [0.1, 0.15) is 5.69 Å². The average molecular weight is 404 g/mol. The molecule has 1 atom stereocenters. The van der Waals surface area contributed by atoms with Gasteiger partial charge in [-0.3, -0.25) is 14.5 Å². The summed E-state index contributed by atoms with van der Waals surface area (Å²) in [4.78, 5) is 32.2. The van der Waals surface area contributed by atoms with Gasteiger partial charge in [0, 0.05) is 55.7 Å². The third kappa shape index (κ3) is 3.91. The van der Waals surface area contributed by atoms with Crippen LogP contribution in [-0.2, 0) is 11.8 Å². The molecule has 1 aliphatic heterocycles. The number of hydrogen-bond donors (Lipinski definition) is 1. The van der Waals surface area contributed by atoms with Crippen molar-refractivity contribution in [3.8, 4) is 0 Å². The molecular weight excluding hydrogens is 380 g/mol. The van der Waals surface area contributed by atoms with Crippen LogP contribution in [0, 0.1) is 13.8 Å². The Labute approximate surface area is 174 Å². The lowest BCUT2D eigenvalue weighted by Gasteiger charge is -2.24. The molecule has 0 saturated carbocycles. The number of amides is 1. The minimum Gasteiger partial charge on any atom is -0.330 e. The van der Waals surface area contributed by atoms with E-state index < -0.39 is 0 Å². The number of carbonyl (C=O) groups is 1. The van der Waals surface area contributed by atoms with Crippen molar-refractivity contribution in [3.63, 3.8) is 0 Å². The fraction of sp³-hybridized carbons (Fsp3) is 0.333. The topological polar surface area (TPSA) is 102 Å². The van der Waals surface area contributed by atoms with Gasteiger partial charge in [-0.15, -0.1) is 0 Å². The lowest BCUT2D eigenvalue weighted by atomic mass is 10.1. The maximum absolute atomic E-state index is 13.0. The summed E-state index contributed by atoms with van der Waals surface area (Å²) in [5, 5.41) is 7.52. The van der Waals surface area contributed by atoms with Crippen LogP contribution in [0.25, 0.3) is 6.08 Å². The van der Waals surface area contributed by atoms with Gasteiger partial charge in [-0.2, -0.15) is 5.10 Å². The van der Waals surface area contributed by atoms with Crippen molar-refractivity contribution in [3.05, 3.63) is 59.6 Å².